The lowest BCUT2D eigenvalue weighted by Gasteiger charge is -2.03. The van der Waals surface area contributed by atoms with E-state index < -0.39 is 0 Å². The monoisotopic (exact) mass is 327 g/mol. The van der Waals surface area contributed by atoms with E-state index in [9.17, 15) is 0 Å². The van der Waals surface area contributed by atoms with Gasteiger partial charge in [0.1, 0.15) is 5.75 Å². The van der Waals surface area contributed by atoms with Crippen LogP contribution in [0.4, 0.5) is 5.13 Å². The number of hydrogen-bond donors (Lipinski definition) is 1. The largest absolute Gasteiger partial charge is 0.497 e. The minimum atomic E-state index is 0.744. The summed E-state index contributed by atoms with van der Waals surface area (Å²) in [5.41, 5.74) is 1.19. The van der Waals surface area contributed by atoms with E-state index in [0.717, 1.165) is 33.3 Å². The topological polar surface area (TPSA) is 47.0 Å². The lowest BCUT2D eigenvalue weighted by Crippen LogP contribution is -1.98. The van der Waals surface area contributed by atoms with Gasteiger partial charge in [0, 0.05) is 18.1 Å². The van der Waals surface area contributed by atoms with Crippen LogP contribution in [0.1, 0.15) is 5.56 Å². The summed E-state index contributed by atoms with van der Waals surface area (Å²) in [6, 6.07) is 8.00. The number of nitrogens with one attached hydrogen (secondary N) is 1. The summed E-state index contributed by atoms with van der Waals surface area (Å²) >= 11 is 5.21. The first-order valence-corrected chi connectivity index (χ1v) is 9.33. The predicted molar refractivity (Wildman–Crippen MR) is 89.3 cm³/mol. The van der Waals surface area contributed by atoms with Crippen molar-refractivity contribution in [3.8, 4) is 5.75 Å². The molecule has 20 heavy (non-hydrogen) atoms. The van der Waals surface area contributed by atoms with E-state index in [1.165, 1.54) is 5.56 Å². The molecule has 0 aliphatic heterocycles. The molecule has 0 spiro atoms. The highest BCUT2D eigenvalue weighted by Crippen LogP contribution is 2.26. The van der Waals surface area contributed by atoms with Gasteiger partial charge in [-0.25, -0.2) is 0 Å². The van der Waals surface area contributed by atoms with Crippen molar-refractivity contribution in [3.05, 3.63) is 29.8 Å². The van der Waals surface area contributed by atoms with Gasteiger partial charge in [-0.05, 0) is 24.0 Å². The third-order valence-corrected chi connectivity index (χ3v) is 5.41. The van der Waals surface area contributed by atoms with E-state index in [1.807, 2.05) is 36.0 Å². The predicted octanol–water partition coefficient (Wildman–Crippen LogP) is 3.61. The second-order valence-corrected chi connectivity index (χ2v) is 7.22. The summed E-state index contributed by atoms with van der Waals surface area (Å²) in [5.74, 6) is 3.09. The van der Waals surface area contributed by atoms with Crippen LogP contribution in [0.5, 0.6) is 5.75 Å². The quantitative estimate of drug-likeness (QED) is 0.590. The van der Waals surface area contributed by atoms with Gasteiger partial charge in [0.05, 0.1) is 7.11 Å². The molecule has 0 bridgehead atoms. The first-order chi connectivity index (χ1) is 9.81. The lowest BCUT2D eigenvalue weighted by atomic mass is 10.2. The van der Waals surface area contributed by atoms with Crippen molar-refractivity contribution in [2.45, 2.75) is 10.9 Å². The van der Waals surface area contributed by atoms with Crippen molar-refractivity contribution in [1.29, 1.82) is 0 Å². The SMILES string of the molecule is COc1ccc(CNc2nnc(SCCSC)s2)cc1. The molecule has 108 valence electrons. The molecule has 0 aliphatic rings. The Bertz CT molecular complexity index is 516. The Balaban J connectivity index is 1.81. The number of hydrogen-bond acceptors (Lipinski definition) is 7. The molecule has 4 nitrogen and oxygen atoms in total. The van der Waals surface area contributed by atoms with Crippen LogP contribution in [-0.2, 0) is 6.54 Å². The van der Waals surface area contributed by atoms with Gasteiger partial charge >= 0.3 is 0 Å². The minimum absolute atomic E-state index is 0.744. The van der Waals surface area contributed by atoms with Crippen LogP contribution < -0.4 is 10.1 Å². The van der Waals surface area contributed by atoms with Crippen molar-refractivity contribution < 1.29 is 4.74 Å². The number of ether oxygens (including phenoxy) is 1. The molecule has 0 fully saturated rings. The van der Waals surface area contributed by atoms with Gasteiger partial charge in [0.2, 0.25) is 5.13 Å². The van der Waals surface area contributed by atoms with Crippen molar-refractivity contribution in [3.63, 3.8) is 0 Å². The molecule has 0 aliphatic carbocycles. The first-order valence-electron chi connectivity index (χ1n) is 6.14. The maximum Gasteiger partial charge on any atom is 0.206 e. The van der Waals surface area contributed by atoms with Crippen LogP contribution in [0.15, 0.2) is 28.6 Å². The highest BCUT2D eigenvalue weighted by Gasteiger charge is 2.04. The van der Waals surface area contributed by atoms with Crippen LogP contribution in [0, 0.1) is 0 Å². The van der Waals surface area contributed by atoms with Crippen LogP contribution in [0.2, 0.25) is 0 Å². The molecule has 1 heterocycles. The van der Waals surface area contributed by atoms with Gasteiger partial charge in [-0.15, -0.1) is 10.2 Å². The van der Waals surface area contributed by atoms with Crippen molar-refractivity contribution >= 4 is 40.0 Å². The Kier molecular flexibility index (Phi) is 6.49. The highest BCUT2D eigenvalue weighted by atomic mass is 32.2. The summed E-state index contributed by atoms with van der Waals surface area (Å²) in [6.07, 6.45) is 2.11. The van der Waals surface area contributed by atoms with Crippen LogP contribution in [-0.4, -0.2) is 35.1 Å². The number of aromatic nitrogens is 2. The second kappa shape index (κ2) is 8.39. The molecule has 0 saturated carbocycles. The highest BCUT2D eigenvalue weighted by molar-refractivity contribution is 8.03. The molecule has 1 aromatic heterocycles. The Morgan fingerprint density at radius 1 is 1.20 bits per heavy atom. The number of rotatable bonds is 8. The Labute approximate surface area is 131 Å². The van der Waals surface area contributed by atoms with Gasteiger partial charge in [-0.3, -0.25) is 0 Å². The molecule has 2 rings (SSSR count). The number of methoxy groups -OCH3 is 1. The maximum atomic E-state index is 5.14. The summed E-state index contributed by atoms with van der Waals surface area (Å²) in [4.78, 5) is 0. The Morgan fingerprint density at radius 3 is 2.70 bits per heavy atom. The fourth-order valence-corrected chi connectivity index (χ4v) is 3.94. The van der Waals surface area contributed by atoms with Crippen LogP contribution >= 0.6 is 34.9 Å². The van der Waals surface area contributed by atoms with E-state index >= 15 is 0 Å². The molecule has 0 amide bonds. The van der Waals surface area contributed by atoms with Crippen molar-refractivity contribution in [1.82, 2.24) is 10.2 Å². The third kappa shape index (κ3) is 4.88. The van der Waals surface area contributed by atoms with Gasteiger partial charge in [-0.1, -0.05) is 35.2 Å². The minimum Gasteiger partial charge on any atom is -0.497 e. The summed E-state index contributed by atoms with van der Waals surface area (Å²) in [7, 11) is 1.67. The zero-order valence-corrected chi connectivity index (χ0v) is 13.9. The van der Waals surface area contributed by atoms with Crippen molar-refractivity contribution in [2.24, 2.45) is 0 Å². The molecule has 0 unspecified atom stereocenters. The van der Waals surface area contributed by atoms with E-state index in [-0.39, 0.29) is 0 Å². The molecular weight excluding hydrogens is 310 g/mol. The summed E-state index contributed by atoms with van der Waals surface area (Å²) in [6.45, 7) is 0.744. The standard InChI is InChI=1S/C13H17N3OS3/c1-17-11-5-3-10(4-6-11)9-14-12-15-16-13(20-12)19-8-7-18-2/h3-6H,7-9H2,1-2H3,(H,14,15). The zero-order chi connectivity index (χ0) is 14.2. The maximum absolute atomic E-state index is 5.14. The molecule has 1 N–H and O–H groups in total. The fourth-order valence-electron chi connectivity index (χ4n) is 1.47. The van der Waals surface area contributed by atoms with E-state index in [4.69, 9.17) is 4.74 Å². The molecule has 0 radical (unpaired) electrons. The average molecular weight is 328 g/mol. The fraction of sp³-hybridized carbons (Fsp3) is 0.385. The summed E-state index contributed by atoms with van der Waals surface area (Å²) in [5, 5.41) is 12.5. The summed E-state index contributed by atoms with van der Waals surface area (Å²) < 4.78 is 6.16. The van der Waals surface area contributed by atoms with Gasteiger partial charge in [0.15, 0.2) is 4.34 Å². The van der Waals surface area contributed by atoms with Crippen LogP contribution in [0.25, 0.3) is 0 Å². The second-order valence-electron chi connectivity index (χ2n) is 3.92. The van der Waals surface area contributed by atoms with Gasteiger partial charge in [0.25, 0.3) is 0 Å². The van der Waals surface area contributed by atoms with E-state index in [2.05, 4.69) is 21.8 Å². The van der Waals surface area contributed by atoms with E-state index in [1.54, 1.807) is 30.2 Å². The molecule has 0 atom stereocenters. The number of benzene rings is 1. The number of nitrogens with zero attached hydrogens (tertiary/aromatic N) is 2. The first kappa shape index (κ1) is 15.5. The van der Waals surface area contributed by atoms with Gasteiger partial charge < -0.3 is 10.1 Å². The van der Waals surface area contributed by atoms with Crippen LogP contribution in [0.3, 0.4) is 0 Å². The van der Waals surface area contributed by atoms with Crippen molar-refractivity contribution in [2.75, 3.05) is 30.2 Å². The average Bonchev–Trinajstić information content (AvgIpc) is 2.94. The normalized spacial score (nSPS) is 10.5. The Hall–Kier alpha value is -0.920. The molecule has 7 heteroatoms. The molecule has 1 aromatic carbocycles. The molecular formula is C13H17N3OS3. The molecule has 2 aromatic rings. The lowest BCUT2D eigenvalue weighted by molar-refractivity contribution is 0.414. The third-order valence-electron chi connectivity index (χ3n) is 2.52. The Morgan fingerprint density at radius 2 is 2.00 bits per heavy atom. The number of anilines is 1. The van der Waals surface area contributed by atoms with Gasteiger partial charge in [-0.2, -0.15) is 11.8 Å². The zero-order valence-electron chi connectivity index (χ0n) is 11.5. The number of thioether (sulfide) groups is 2. The molecule has 0 saturated heterocycles. The van der Waals surface area contributed by atoms with E-state index in [0.29, 0.717) is 0 Å². The smallest absolute Gasteiger partial charge is 0.206 e.